The Bertz CT molecular complexity index is 582. The lowest BCUT2D eigenvalue weighted by Gasteiger charge is -2.23. The third kappa shape index (κ3) is 4.12. The summed E-state index contributed by atoms with van der Waals surface area (Å²) in [5.41, 5.74) is 1.01. The Hall–Kier alpha value is -1.40. The van der Waals surface area contributed by atoms with Crippen LogP contribution < -0.4 is 16.0 Å². The van der Waals surface area contributed by atoms with Crippen LogP contribution in [0.5, 0.6) is 0 Å². The Morgan fingerprint density at radius 3 is 2.61 bits per heavy atom. The van der Waals surface area contributed by atoms with Crippen molar-refractivity contribution in [1.82, 2.24) is 10.6 Å². The van der Waals surface area contributed by atoms with Gasteiger partial charge in [-0.1, -0.05) is 15.9 Å². The third-order valence-corrected chi connectivity index (χ3v) is 5.41. The average molecular weight is 380 g/mol. The van der Waals surface area contributed by atoms with Crippen molar-refractivity contribution < 1.29 is 9.59 Å². The molecule has 2 aliphatic rings. The van der Waals surface area contributed by atoms with E-state index in [0.717, 1.165) is 42.5 Å². The molecule has 1 aromatic rings. The first-order chi connectivity index (χ1) is 11.1. The fourth-order valence-electron chi connectivity index (χ4n) is 3.37. The maximum Gasteiger partial charge on any atom is 0.226 e. The molecule has 2 fully saturated rings. The minimum atomic E-state index is -0.0833. The summed E-state index contributed by atoms with van der Waals surface area (Å²) in [7, 11) is 0. The highest BCUT2D eigenvalue weighted by Gasteiger charge is 2.57. The van der Waals surface area contributed by atoms with Crippen molar-refractivity contribution in [2.75, 3.05) is 25.0 Å². The van der Waals surface area contributed by atoms with Gasteiger partial charge in [0.25, 0.3) is 0 Å². The summed E-state index contributed by atoms with van der Waals surface area (Å²) in [5.74, 6) is 0.183. The summed E-state index contributed by atoms with van der Waals surface area (Å²) in [6, 6.07) is 7.43. The number of nitrogens with one attached hydrogen (secondary N) is 3. The van der Waals surface area contributed by atoms with E-state index in [1.807, 2.05) is 24.3 Å². The van der Waals surface area contributed by atoms with Crippen LogP contribution in [0, 0.1) is 11.3 Å². The number of rotatable bonds is 5. The lowest BCUT2D eigenvalue weighted by molar-refractivity contribution is -0.123. The number of anilines is 1. The van der Waals surface area contributed by atoms with Crippen LogP contribution in [-0.2, 0) is 9.59 Å². The molecule has 1 atom stereocenters. The molecule has 1 unspecified atom stereocenters. The quantitative estimate of drug-likeness (QED) is 0.734. The van der Waals surface area contributed by atoms with E-state index in [1.54, 1.807) is 0 Å². The van der Waals surface area contributed by atoms with E-state index in [-0.39, 0.29) is 23.1 Å². The second-order valence-corrected chi connectivity index (χ2v) is 7.38. The molecule has 1 spiro atoms. The molecule has 1 heterocycles. The van der Waals surface area contributed by atoms with Gasteiger partial charge in [-0.25, -0.2) is 0 Å². The number of halogens is 1. The minimum Gasteiger partial charge on any atom is -0.355 e. The Labute approximate surface area is 144 Å². The second kappa shape index (κ2) is 7.01. The van der Waals surface area contributed by atoms with Crippen molar-refractivity contribution in [3.8, 4) is 0 Å². The zero-order valence-corrected chi connectivity index (χ0v) is 14.6. The van der Waals surface area contributed by atoms with Crippen LogP contribution in [0.2, 0.25) is 0 Å². The van der Waals surface area contributed by atoms with E-state index in [2.05, 4.69) is 31.9 Å². The molecule has 124 valence electrons. The van der Waals surface area contributed by atoms with Gasteiger partial charge >= 0.3 is 0 Å². The van der Waals surface area contributed by atoms with Gasteiger partial charge in [-0.3, -0.25) is 9.59 Å². The van der Waals surface area contributed by atoms with Crippen molar-refractivity contribution in [3.05, 3.63) is 28.7 Å². The van der Waals surface area contributed by atoms with E-state index < -0.39 is 0 Å². The van der Waals surface area contributed by atoms with Gasteiger partial charge in [0.2, 0.25) is 11.8 Å². The van der Waals surface area contributed by atoms with Crippen molar-refractivity contribution in [2.45, 2.75) is 25.7 Å². The van der Waals surface area contributed by atoms with Crippen LogP contribution in [0.25, 0.3) is 0 Å². The van der Waals surface area contributed by atoms with Gasteiger partial charge < -0.3 is 16.0 Å². The second-order valence-electron chi connectivity index (χ2n) is 6.47. The molecular formula is C17H22BrN3O2. The van der Waals surface area contributed by atoms with Crippen LogP contribution in [0.3, 0.4) is 0 Å². The van der Waals surface area contributed by atoms with Crippen molar-refractivity contribution in [2.24, 2.45) is 11.3 Å². The van der Waals surface area contributed by atoms with E-state index in [0.29, 0.717) is 13.0 Å². The molecule has 0 aromatic heterocycles. The normalized spacial score (nSPS) is 21.7. The first-order valence-corrected chi connectivity index (χ1v) is 8.92. The van der Waals surface area contributed by atoms with Gasteiger partial charge in [-0.05, 0) is 62.0 Å². The number of piperidine rings is 1. The van der Waals surface area contributed by atoms with Crippen molar-refractivity contribution >= 4 is 33.4 Å². The van der Waals surface area contributed by atoms with Gasteiger partial charge in [0.15, 0.2) is 0 Å². The molecule has 1 saturated heterocycles. The highest BCUT2D eigenvalue weighted by Crippen LogP contribution is 2.58. The van der Waals surface area contributed by atoms with Crippen LogP contribution in [-0.4, -0.2) is 31.4 Å². The molecule has 5 nitrogen and oxygen atoms in total. The molecule has 1 aliphatic carbocycles. The number of hydrogen-bond donors (Lipinski definition) is 3. The van der Waals surface area contributed by atoms with Gasteiger partial charge in [-0.15, -0.1) is 0 Å². The third-order valence-electron chi connectivity index (χ3n) is 4.88. The highest BCUT2D eigenvalue weighted by molar-refractivity contribution is 9.10. The molecule has 3 rings (SSSR count). The Morgan fingerprint density at radius 2 is 1.91 bits per heavy atom. The maximum atomic E-state index is 12.2. The van der Waals surface area contributed by atoms with Gasteiger partial charge in [-0.2, -0.15) is 0 Å². The molecule has 0 radical (unpaired) electrons. The van der Waals surface area contributed by atoms with Crippen LogP contribution in [0.4, 0.5) is 5.69 Å². The van der Waals surface area contributed by atoms with Crippen molar-refractivity contribution in [1.29, 1.82) is 0 Å². The number of carbonyl (C=O) groups is 2. The molecule has 3 N–H and O–H groups in total. The van der Waals surface area contributed by atoms with E-state index in [1.165, 1.54) is 0 Å². The summed E-state index contributed by atoms with van der Waals surface area (Å²) in [5, 5.41) is 9.08. The van der Waals surface area contributed by atoms with Gasteiger partial charge in [0.1, 0.15) is 0 Å². The maximum absolute atomic E-state index is 12.2. The first kappa shape index (κ1) is 16.5. The number of amides is 2. The molecule has 1 aliphatic heterocycles. The van der Waals surface area contributed by atoms with Crippen LogP contribution in [0.1, 0.15) is 25.7 Å². The van der Waals surface area contributed by atoms with Crippen molar-refractivity contribution in [3.63, 3.8) is 0 Å². The monoisotopic (exact) mass is 379 g/mol. The zero-order chi connectivity index (χ0) is 16.3. The highest BCUT2D eigenvalue weighted by atomic mass is 79.9. The summed E-state index contributed by atoms with van der Waals surface area (Å²) in [6.07, 6.45) is 3.49. The molecule has 2 amide bonds. The zero-order valence-electron chi connectivity index (χ0n) is 13.0. The van der Waals surface area contributed by atoms with Crippen LogP contribution in [0.15, 0.2) is 28.7 Å². The lowest BCUT2D eigenvalue weighted by atomic mass is 9.92. The lowest BCUT2D eigenvalue weighted by Crippen LogP contribution is -2.34. The molecule has 23 heavy (non-hydrogen) atoms. The Kier molecular flexibility index (Phi) is 5.02. The molecule has 1 aromatic carbocycles. The number of hydrogen-bond acceptors (Lipinski definition) is 3. The fraction of sp³-hybridized carbons (Fsp3) is 0.529. The average Bonchev–Trinajstić information content (AvgIpc) is 3.23. The smallest absolute Gasteiger partial charge is 0.226 e. The van der Waals surface area contributed by atoms with E-state index in [4.69, 9.17) is 0 Å². The SMILES string of the molecule is O=C(CCNC(=O)C1CC12CCNCC2)Nc1ccc(Br)cc1. The molecule has 0 bridgehead atoms. The minimum absolute atomic E-state index is 0.0833. The predicted octanol–water partition coefficient (Wildman–Crippen LogP) is 2.28. The Morgan fingerprint density at radius 1 is 1.22 bits per heavy atom. The summed E-state index contributed by atoms with van der Waals surface area (Å²) in [4.78, 5) is 24.1. The van der Waals surface area contributed by atoms with Gasteiger partial charge in [0.05, 0.1) is 0 Å². The van der Waals surface area contributed by atoms with Crippen LogP contribution >= 0.6 is 15.9 Å². The number of carbonyl (C=O) groups excluding carboxylic acids is 2. The summed E-state index contributed by atoms with van der Waals surface area (Å²) >= 11 is 3.36. The molecule has 6 heteroatoms. The van der Waals surface area contributed by atoms with Gasteiger partial charge in [0, 0.05) is 29.0 Å². The first-order valence-electron chi connectivity index (χ1n) is 8.13. The number of benzene rings is 1. The summed E-state index contributed by atoms with van der Waals surface area (Å²) in [6.45, 7) is 2.42. The molecular weight excluding hydrogens is 358 g/mol. The van der Waals surface area contributed by atoms with E-state index >= 15 is 0 Å². The largest absolute Gasteiger partial charge is 0.355 e. The topological polar surface area (TPSA) is 70.2 Å². The predicted molar refractivity (Wildman–Crippen MR) is 93.0 cm³/mol. The Balaban J connectivity index is 1.37. The molecule has 1 saturated carbocycles. The van der Waals surface area contributed by atoms with E-state index in [9.17, 15) is 9.59 Å². The standard InChI is InChI=1S/C17H22BrN3O2/c18-12-1-3-13(4-2-12)21-15(22)5-8-20-16(23)14-11-17(14)6-9-19-10-7-17/h1-4,14,19H,5-11H2,(H,20,23)(H,21,22). The fourth-order valence-corrected chi connectivity index (χ4v) is 3.64. The summed E-state index contributed by atoms with van der Waals surface area (Å²) < 4.78 is 0.971.